The molecule has 16 heavy (non-hydrogen) atoms. The Kier molecular flexibility index (Phi) is 3.66. The number of halogens is 2. The molecule has 1 aromatic rings. The SMILES string of the molecule is Nc1cc(F)c(Br)cc1OCC1CCOC1. The standard InChI is InChI=1S/C11H13BrFNO2/c12-8-3-11(10(14)4-9(8)13)16-6-7-1-2-15-5-7/h3-4,7H,1-2,5-6,14H2. The lowest BCUT2D eigenvalue weighted by Gasteiger charge is -2.12. The highest BCUT2D eigenvalue weighted by Gasteiger charge is 2.17. The third-order valence-electron chi connectivity index (χ3n) is 2.55. The summed E-state index contributed by atoms with van der Waals surface area (Å²) in [6.07, 6.45) is 1.00. The van der Waals surface area contributed by atoms with E-state index in [0.29, 0.717) is 28.4 Å². The number of benzene rings is 1. The smallest absolute Gasteiger partial charge is 0.143 e. The fraction of sp³-hybridized carbons (Fsp3) is 0.455. The maximum Gasteiger partial charge on any atom is 0.143 e. The van der Waals surface area contributed by atoms with Crippen molar-refractivity contribution < 1.29 is 13.9 Å². The molecule has 88 valence electrons. The van der Waals surface area contributed by atoms with Crippen molar-refractivity contribution in [3.05, 3.63) is 22.4 Å². The molecule has 5 heteroatoms. The molecule has 2 rings (SSSR count). The molecule has 1 heterocycles. The minimum absolute atomic E-state index is 0.319. The lowest BCUT2D eigenvalue weighted by atomic mass is 10.1. The Hall–Kier alpha value is -0.810. The van der Waals surface area contributed by atoms with Gasteiger partial charge in [-0.15, -0.1) is 0 Å². The summed E-state index contributed by atoms with van der Waals surface area (Å²) in [6.45, 7) is 2.07. The summed E-state index contributed by atoms with van der Waals surface area (Å²) in [7, 11) is 0. The average molecular weight is 290 g/mol. The van der Waals surface area contributed by atoms with Gasteiger partial charge in [-0.3, -0.25) is 0 Å². The van der Waals surface area contributed by atoms with E-state index >= 15 is 0 Å². The van der Waals surface area contributed by atoms with Crippen molar-refractivity contribution in [3.8, 4) is 5.75 Å². The summed E-state index contributed by atoms with van der Waals surface area (Å²) in [5, 5.41) is 0. The van der Waals surface area contributed by atoms with E-state index in [1.807, 2.05) is 0 Å². The Balaban J connectivity index is 2.00. The van der Waals surface area contributed by atoms with Gasteiger partial charge in [0.15, 0.2) is 0 Å². The van der Waals surface area contributed by atoms with Crippen molar-refractivity contribution in [1.29, 1.82) is 0 Å². The fourth-order valence-corrected chi connectivity index (χ4v) is 1.91. The number of hydrogen-bond donors (Lipinski definition) is 1. The predicted molar refractivity (Wildman–Crippen MR) is 62.9 cm³/mol. The summed E-state index contributed by atoms with van der Waals surface area (Å²) < 4.78 is 24.3. The van der Waals surface area contributed by atoms with Crippen molar-refractivity contribution in [1.82, 2.24) is 0 Å². The first kappa shape index (κ1) is 11.7. The van der Waals surface area contributed by atoms with Crippen LogP contribution < -0.4 is 10.5 Å². The van der Waals surface area contributed by atoms with Gasteiger partial charge in [0, 0.05) is 18.6 Å². The van der Waals surface area contributed by atoms with Gasteiger partial charge >= 0.3 is 0 Å². The maximum atomic E-state index is 13.1. The number of ether oxygens (including phenoxy) is 2. The van der Waals surface area contributed by atoms with Gasteiger partial charge in [-0.1, -0.05) is 0 Å². The van der Waals surface area contributed by atoms with Gasteiger partial charge in [0.05, 0.1) is 23.4 Å². The summed E-state index contributed by atoms with van der Waals surface area (Å²) in [6, 6.07) is 2.81. The molecule has 0 bridgehead atoms. The van der Waals surface area contributed by atoms with Crippen LogP contribution in [0, 0.1) is 11.7 Å². The van der Waals surface area contributed by atoms with E-state index in [9.17, 15) is 4.39 Å². The van der Waals surface area contributed by atoms with Crippen LogP contribution in [0.1, 0.15) is 6.42 Å². The molecule has 0 saturated carbocycles. The number of hydrogen-bond acceptors (Lipinski definition) is 3. The van der Waals surface area contributed by atoms with E-state index in [4.69, 9.17) is 15.2 Å². The Morgan fingerprint density at radius 2 is 2.38 bits per heavy atom. The Morgan fingerprint density at radius 3 is 3.06 bits per heavy atom. The minimum Gasteiger partial charge on any atom is -0.491 e. The van der Waals surface area contributed by atoms with E-state index in [1.165, 1.54) is 6.07 Å². The predicted octanol–water partition coefficient (Wildman–Crippen LogP) is 2.59. The molecule has 1 fully saturated rings. The lowest BCUT2D eigenvalue weighted by molar-refractivity contribution is 0.167. The molecule has 1 aromatic carbocycles. The quantitative estimate of drug-likeness (QED) is 0.870. The van der Waals surface area contributed by atoms with E-state index < -0.39 is 0 Å². The van der Waals surface area contributed by atoms with Crippen molar-refractivity contribution in [2.45, 2.75) is 6.42 Å². The molecule has 1 aliphatic heterocycles. The van der Waals surface area contributed by atoms with Gasteiger partial charge in [0.2, 0.25) is 0 Å². The first-order valence-corrected chi connectivity index (χ1v) is 5.91. The van der Waals surface area contributed by atoms with Crippen LogP contribution >= 0.6 is 15.9 Å². The molecule has 0 spiro atoms. The zero-order chi connectivity index (χ0) is 11.5. The van der Waals surface area contributed by atoms with Crippen molar-refractivity contribution >= 4 is 21.6 Å². The van der Waals surface area contributed by atoms with Crippen LogP contribution in [0.3, 0.4) is 0 Å². The van der Waals surface area contributed by atoms with Gasteiger partial charge in [0.1, 0.15) is 11.6 Å². The highest BCUT2D eigenvalue weighted by Crippen LogP contribution is 2.29. The maximum absolute atomic E-state index is 13.1. The van der Waals surface area contributed by atoms with Crippen LogP contribution in [0.15, 0.2) is 16.6 Å². The molecule has 2 N–H and O–H groups in total. The zero-order valence-corrected chi connectivity index (χ0v) is 10.3. The molecule has 1 aliphatic rings. The van der Waals surface area contributed by atoms with Gasteiger partial charge < -0.3 is 15.2 Å². The molecule has 0 aliphatic carbocycles. The van der Waals surface area contributed by atoms with Crippen LogP contribution in [-0.4, -0.2) is 19.8 Å². The van der Waals surface area contributed by atoms with Gasteiger partial charge in [0.25, 0.3) is 0 Å². The van der Waals surface area contributed by atoms with Gasteiger partial charge in [-0.2, -0.15) is 0 Å². The molecule has 1 unspecified atom stereocenters. The van der Waals surface area contributed by atoms with Crippen LogP contribution in [0.2, 0.25) is 0 Å². The first-order chi connectivity index (χ1) is 7.66. The second-order valence-corrected chi connectivity index (χ2v) is 4.70. The van der Waals surface area contributed by atoms with E-state index in [0.717, 1.165) is 19.6 Å². The number of rotatable bonds is 3. The molecule has 1 atom stereocenters. The molecule has 0 aromatic heterocycles. The molecule has 0 amide bonds. The number of anilines is 1. The largest absolute Gasteiger partial charge is 0.491 e. The molecular weight excluding hydrogens is 277 g/mol. The number of nitrogens with two attached hydrogens (primary N) is 1. The van der Waals surface area contributed by atoms with Crippen LogP contribution in [-0.2, 0) is 4.74 Å². The van der Waals surface area contributed by atoms with E-state index in [2.05, 4.69) is 15.9 Å². The first-order valence-electron chi connectivity index (χ1n) is 5.12. The Labute approximate surface area is 102 Å². The molecule has 3 nitrogen and oxygen atoms in total. The van der Waals surface area contributed by atoms with Crippen molar-refractivity contribution in [2.24, 2.45) is 5.92 Å². The normalized spacial score (nSPS) is 20.0. The van der Waals surface area contributed by atoms with Gasteiger partial charge in [-0.05, 0) is 28.4 Å². The average Bonchev–Trinajstić information content (AvgIpc) is 2.74. The van der Waals surface area contributed by atoms with Crippen LogP contribution in [0.25, 0.3) is 0 Å². The topological polar surface area (TPSA) is 44.5 Å². The van der Waals surface area contributed by atoms with Crippen molar-refractivity contribution in [2.75, 3.05) is 25.6 Å². The molecule has 1 saturated heterocycles. The third kappa shape index (κ3) is 2.65. The highest BCUT2D eigenvalue weighted by atomic mass is 79.9. The van der Waals surface area contributed by atoms with E-state index in [1.54, 1.807) is 6.07 Å². The lowest BCUT2D eigenvalue weighted by Crippen LogP contribution is -2.12. The summed E-state index contributed by atoms with van der Waals surface area (Å²) in [5.41, 5.74) is 5.98. The molecule has 0 radical (unpaired) electrons. The number of nitrogen functional groups attached to an aromatic ring is 1. The fourth-order valence-electron chi connectivity index (χ4n) is 1.59. The summed E-state index contributed by atoms with van der Waals surface area (Å²) in [5.74, 6) is 0.539. The van der Waals surface area contributed by atoms with Gasteiger partial charge in [-0.25, -0.2) is 4.39 Å². The summed E-state index contributed by atoms with van der Waals surface area (Å²) in [4.78, 5) is 0. The third-order valence-corrected chi connectivity index (χ3v) is 3.16. The second kappa shape index (κ2) is 5.01. The van der Waals surface area contributed by atoms with Crippen LogP contribution in [0.4, 0.5) is 10.1 Å². The van der Waals surface area contributed by atoms with Crippen molar-refractivity contribution in [3.63, 3.8) is 0 Å². The minimum atomic E-state index is -0.381. The second-order valence-electron chi connectivity index (χ2n) is 3.84. The monoisotopic (exact) mass is 289 g/mol. The Morgan fingerprint density at radius 1 is 1.56 bits per heavy atom. The molecular formula is C11H13BrFNO2. The zero-order valence-electron chi connectivity index (χ0n) is 8.71. The highest BCUT2D eigenvalue weighted by molar-refractivity contribution is 9.10. The summed E-state index contributed by atoms with van der Waals surface area (Å²) >= 11 is 3.10. The Bertz CT molecular complexity index is 380. The van der Waals surface area contributed by atoms with Crippen LogP contribution in [0.5, 0.6) is 5.75 Å². The van der Waals surface area contributed by atoms with E-state index in [-0.39, 0.29) is 5.82 Å².